The van der Waals surface area contributed by atoms with Gasteiger partial charge in [0.15, 0.2) is 11.6 Å². The van der Waals surface area contributed by atoms with Gasteiger partial charge in [0.25, 0.3) is 0 Å². The van der Waals surface area contributed by atoms with Gasteiger partial charge in [-0.25, -0.2) is 9.37 Å². The van der Waals surface area contributed by atoms with Crippen LogP contribution in [0.2, 0.25) is 0 Å². The predicted molar refractivity (Wildman–Crippen MR) is 71.0 cm³/mol. The molecule has 112 valence electrons. The van der Waals surface area contributed by atoms with Crippen molar-refractivity contribution < 1.29 is 17.6 Å². The van der Waals surface area contributed by atoms with E-state index in [2.05, 4.69) is 20.6 Å². The molecule has 0 fully saturated rings. The molecule has 0 aliphatic carbocycles. The molecule has 21 heavy (non-hydrogen) atoms. The molecule has 0 amide bonds. The van der Waals surface area contributed by atoms with E-state index in [1.165, 1.54) is 6.07 Å². The molecule has 0 aliphatic rings. The average Bonchev–Trinajstić information content (AvgIpc) is 2.42. The van der Waals surface area contributed by atoms with Crippen LogP contribution in [-0.4, -0.2) is 17.0 Å². The van der Waals surface area contributed by atoms with Gasteiger partial charge in [-0.1, -0.05) is 6.07 Å². The fraction of sp³-hybridized carbons (Fsp3) is 0.231. The van der Waals surface area contributed by atoms with Gasteiger partial charge < -0.3 is 10.6 Å². The van der Waals surface area contributed by atoms with Crippen LogP contribution >= 0.6 is 0 Å². The van der Waals surface area contributed by atoms with Crippen molar-refractivity contribution in [3.8, 4) is 0 Å². The van der Waals surface area contributed by atoms with Gasteiger partial charge in [0, 0.05) is 12.7 Å². The number of benzene rings is 1. The number of rotatable bonds is 3. The van der Waals surface area contributed by atoms with E-state index >= 15 is 0 Å². The van der Waals surface area contributed by atoms with E-state index < -0.39 is 17.6 Å². The Morgan fingerprint density at radius 2 is 1.90 bits per heavy atom. The Morgan fingerprint density at radius 1 is 1.19 bits per heavy atom. The highest BCUT2D eigenvalue weighted by Gasteiger charge is 2.30. The first-order valence-corrected chi connectivity index (χ1v) is 5.96. The fourth-order valence-corrected chi connectivity index (χ4v) is 1.64. The summed E-state index contributed by atoms with van der Waals surface area (Å²) >= 11 is 0. The lowest BCUT2D eigenvalue weighted by Crippen LogP contribution is -2.07. The van der Waals surface area contributed by atoms with Gasteiger partial charge in [-0.15, -0.1) is 0 Å². The van der Waals surface area contributed by atoms with Crippen LogP contribution in [0.25, 0.3) is 0 Å². The highest BCUT2D eigenvalue weighted by Crippen LogP contribution is 2.33. The number of aromatic nitrogens is 2. The second kappa shape index (κ2) is 5.55. The quantitative estimate of drug-likeness (QED) is 0.848. The minimum atomic E-state index is -4.47. The zero-order valence-electron chi connectivity index (χ0n) is 11.2. The summed E-state index contributed by atoms with van der Waals surface area (Å²) in [5.41, 5.74) is -0.157. The first-order valence-electron chi connectivity index (χ1n) is 5.96. The Morgan fingerprint density at radius 3 is 2.52 bits per heavy atom. The third-order valence-electron chi connectivity index (χ3n) is 2.79. The van der Waals surface area contributed by atoms with Crippen LogP contribution in [0.4, 0.5) is 35.0 Å². The summed E-state index contributed by atoms with van der Waals surface area (Å²) in [6, 6.07) is 3.19. The van der Waals surface area contributed by atoms with E-state index in [1.807, 2.05) is 0 Å². The van der Waals surface area contributed by atoms with E-state index in [0.717, 1.165) is 18.3 Å². The Hall–Kier alpha value is -2.38. The second-order valence-electron chi connectivity index (χ2n) is 4.29. The van der Waals surface area contributed by atoms with Crippen LogP contribution in [0.15, 0.2) is 24.4 Å². The van der Waals surface area contributed by atoms with Crippen LogP contribution in [0.3, 0.4) is 0 Å². The monoisotopic (exact) mass is 300 g/mol. The summed E-state index contributed by atoms with van der Waals surface area (Å²) in [5.74, 6) is -0.800. The molecule has 0 atom stereocenters. The first kappa shape index (κ1) is 15.0. The maximum absolute atomic E-state index is 13.6. The number of halogens is 4. The first-order chi connectivity index (χ1) is 9.81. The molecule has 2 aromatic rings. The van der Waals surface area contributed by atoms with E-state index in [4.69, 9.17) is 0 Å². The van der Waals surface area contributed by atoms with Crippen molar-refractivity contribution in [2.75, 3.05) is 17.7 Å². The summed E-state index contributed by atoms with van der Waals surface area (Å²) in [6.07, 6.45) is -3.53. The molecule has 1 heterocycles. The molecule has 0 unspecified atom stereocenters. The number of nitrogens with zero attached hydrogens (tertiary/aromatic N) is 2. The standard InChI is InChI=1S/C13H12F4N4/c1-7-3-4-8(13(15,16)17)5-10(7)20-11-9(14)6-19-12(18-2)21-11/h3-6H,1-2H3,(H2,18,19,20,21). The molecule has 0 saturated carbocycles. The molecule has 1 aromatic carbocycles. The maximum Gasteiger partial charge on any atom is 0.416 e. The number of hydrogen-bond donors (Lipinski definition) is 2. The summed E-state index contributed by atoms with van der Waals surface area (Å²) in [5, 5.41) is 5.18. The van der Waals surface area contributed by atoms with Gasteiger partial charge in [0.1, 0.15) is 0 Å². The van der Waals surface area contributed by atoms with E-state index in [1.54, 1.807) is 14.0 Å². The predicted octanol–water partition coefficient (Wildman–Crippen LogP) is 3.73. The third kappa shape index (κ3) is 3.39. The minimum Gasteiger partial charge on any atom is -0.357 e. The fourth-order valence-electron chi connectivity index (χ4n) is 1.64. The Balaban J connectivity index is 2.39. The van der Waals surface area contributed by atoms with Crippen molar-refractivity contribution >= 4 is 17.5 Å². The third-order valence-corrected chi connectivity index (χ3v) is 2.79. The molecular formula is C13H12F4N4. The summed E-state index contributed by atoms with van der Waals surface area (Å²) < 4.78 is 51.7. The smallest absolute Gasteiger partial charge is 0.357 e. The molecule has 4 nitrogen and oxygen atoms in total. The molecule has 0 aliphatic heterocycles. The van der Waals surface area contributed by atoms with Crippen molar-refractivity contribution in [3.63, 3.8) is 0 Å². The maximum atomic E-state index is 13.6. The molecular weight excluding hydrogens is 288 g/mol. The molecule has 2 N–H and O–H groups in total. The molecule has 0 radical (unpaired) electrons. The van der Waals surface area contributed by atoms with Crippen molar-refractivity contribution in [3.05, 3.63) is 41.3 Å². The van der Waals surface area contributed by atoms with E-state index in [0.29, 0.717) is 5.56 Å². The van der Waals surface area contributed by atoms with Crippen molar-refractivity contribution in [2.24, 2.45) is 0 Å². The van der Waals surface area contributed by atoms with Gasteiger partial charge in [-0.2, -0.15) is 18.2 Å². The Bertz CT molecular complexity index is 655. The van der Waals surface area contributed by atoms with Gasteiger partial charge in [0.05, 0.1) is 11.8 Å². The zero-order chi connectivity index (χ0) is 15.6. The van der Waals surface area contributed by atoms with Crippen LogP contribution in [0.5, 0.6) is 0 Å². The minimum absolute atomic E-state index is 0.129. The molecule has 0 spiro atoms. The Kier molecular flexibility index (Phi) is 3.97. The number of anilines is 3. The topological polar surface area (TPSA) is 49.8 Å². The van der Waals surface area contributed by atoms with Crippen LogP contribution in [0, 0.1) is 12.7 Å². The largest absolute Gasteiger partial charge is 0.416 e. The lowest BCUT2D eigenvalue weighted by atomic mass is 10.1. The second-order valence-corrected chi connectivity index (χ2v) is 4.29. The normalized spacial score (nSPS) is 11.3. The van der Waals surface area contributed by atoms with E-state index in [9.17, 15) is 17.6 Å². The molecule has 0 saturated heterocycles. The van der Waals surface area contributed by atoms with Gasteiger partial charge in [-0.3, -0.25) is 0 Å². The van der Waals surface area contributed by atoms with Crippen LogP contribution in [-0.2, 0) is 6.18 Å². The summed E-state index contributed by atoms with van der Waals surface area (Å²) in [4.78, 5) is 7.49. The average molecular weight is 300 g/mol. The van der Waals surface area contributed by atoms with Gasteiger partial charge >= 0.3 is 6.18 Å². The highest BCUT2D eigenvalue weighted by atomic mass is 19.4. The number of aryl methyl sites for hydroxylation is 1. The highest BCUT2D eigenvalue weighted by molar-refractivity contribution is 5.62. The molecule has 8 heteroatoms. The Labute approximate surface area is 118 Å². The van der Waals surface area contributed by atoms with Crippen LogP contribution < -0.4 is 10.6 Å². The van der Waals surface area contributed by atoms with E-state index in [-0.39, 0.29) is 17.5 Å². The van der Waals surface area contributed by atoms with Crippen molar-refractivity contribution in [2.45, 2.75) is 13.1 Å². The SMILES string of the molecule is CNc1ncc(F)c(Nc2cc(C(F)(F)F)ccc2C)n1. The lowest BCUT2D eigenvalue weighted by Gasteiger charge is -2.13. The van der Waals surface area contributed by atoms with Crippen LogP contribution in [0.1, 0.15) is 11.1 Å². The summed E-state index contributed by atoms with van der Waals surface area (Å²) in [7, 11) is 1.55. The molecule has 0 bridgehead atoms. The van der Waals surface area contributed by atoms with Gasteiger partial charge in [0.2, 0.25) is 5.95 Å². The summed E-state index contributed by atoms with van der Waals surface area (Å²) in [6.45, 7) is 1.61. The van der Waals surface area contributed by atoms with Crippen molar-refractivity contribution in [1.29, 1.82) is 0 Å². The molecule has 2 rings (SSSR count). The zero-order valence-corrected chi connectivity index (χ0v) is 11.2. The number of hydrogen-bond acceptors (Lipinski definition) is 4. The van der Waals surface area contributed by atoms with Crippen molar-refractivity contribution in [1.82, 2.24) is 9.97 Å². The molecule has 1 aromatic heterocycles. The number of nitrogens with one attached hydrogen (secondary N) is 2. The number of alkyl halides is 3. The van der Waals surface area contributed by atoms with Gasteiger partial charge in [-0.05, 0) is 24.6 Å². The lowest BCUT2D eigenvalue weighted by molar-refractivity contribution is -0.137.